The second-order valence-electron chi connectivity index (χ2n) is 8.70. The average molecular weight is 398 g/mol. The highest BCUT2D eigenvalue weighted by molar-refractivity contribution is 5.94. The molecule has 0 unspecified atom stereocenters. The third-order valence-electron chi connectivity index (χ3n) is 4.98. The van der Waals surface area contributed by atoms with Crippen LogP contribution in [-0.2, 0) is 14.2 Å². The number of hydrogen-bond acceptors (Lipinski definition) is 7. The Hall–Kier alpha value is -1.83. The third kappa shape index (κ3) is 5.16. The summed E-state index contributed by atoms with van der Waals surface area (Å²) < 4.78 is 16.4. The minimum atomic E-state index is -0.968. The maximum atomic E-state index is 12.7. The van der Waals surface area contributed by atoms with Crippen LogP contribution in [0.3, 0.4) is 0 Å². The fourth-order valence-electron chi connectivity index (χ4n) is 3.61. The Labute approximate surface area is 168 Å². The van der Waals surface area contributed by atoms with Crippen LogP contribution < -0.4 is 0 Å². The second-order valence-corrected chi connectivity index (χ2v) is 8.70. The molecule has 0 aromatic rings. The van der Waals surface area contributed by atoms with Gasteiger partial charge in [-0.05, 0) is 46.0 Å². The predicted octanol–water partition coefficient (Wildman–Crippen LogP) is 2.63. The number of aliphatic hydroxyl groups excluding tert-OH is 1. The summed E-state index contributed by atoms with van der Waals surface area (Å²) in [6, 6.07) is -1.40. The van der Waals surface area contributed by atoms with E-state index in [1.165, 1.54) is 7.11 Å². The molecule has 0 aromatic carbocycles. The predicted molar refractivity (Wildman–Crippen MR) is 108 cm³/mol. The van der Waals surface area contributed by atoms with Crippen LogP contribution in [0, 0.1) is 5.92 Å². The van der Waals surface area contributed by atoms with Crippen LogP contribution in [0.25, 0.3) is 0 Å². The highest BCUT2D eigenvalue weighted by atomic mass is 16.6. The maximum absolute atomic E-state index is 12.7. The summed E-state index contributed by atoms with van der Waals surface area (Å²) in [4.78, 5) is 23.5. The number of amides is 1. The van der Waals surface area contributed by atoms with Crippen LogP contribution in [0.1, 0.15) is 53.9 Å². The number of ether oxygens (including phenoxy) is 3. The van der Waals surface area contributed by atoms with Gasteiger partial charge in [-0.25, -0.2) is 14.8 Å². The first-order valence-electron chi connectivity index (χ1n) is 10.00. The molecule has 0 saturated carbocycles. The number of aliphatic imine (C=N–C) groups is 2. The van der Waals surface area contributed by atoms with E-state index >= 15 is 0 Å². The molecule has 8 heteroatoms. The van der Waals surface area contributed by atoms with Crippen molar-refractivity contribution in [3.05, 3.63) is 0 Å². The largest absolute Gasteiger partial charge is 0.483 e. The van der Waals surface area contributed by atoms with E-state index in [0.29, 0.717) is 24.8 Å². The van der Waals surface area contributed by atoms with Crippen LogP contribution in [-0.4, -0.2) is 78.5 Å². The van der Waals surface area contributed by atoms with Gasteiger partial charge in [0.15, 0.2) is 6.04 Å². The lowest BCUT2D eigenvalue weighted by Crippen LogP contribution is -2.56. The van der Waals surface area contributed by atoms with Gasteiger partial charge in [0, 0.05) is 6.54 Å². The fourth-order valence-corrected chi connectivity index (χ4v) is 3.61. The molecule has 0 aromatic heterocycles. The minimum Gasteiger partial charge on any atom is -0.483 e. The van der Waals surface area contributed by atoms with Gasteiger partial charge in [0.2, 0.25) is 11.8 Å². The molecule has 0 bridgehead atoms. The molecule has 1 amide bonds. The first-order valence-corrected chi connectivity index (χ1v) is 10.00. The number of carbonyl (C=O) groups excluding carboxylic acids is 1. The number of rotatable bonds is 3. The number of piperidine rings is 1. The molecule has 2 aliphatic rings. The second kappa shape index (κ2) is 9.11. The zero-order chi connectivity index (χ0) is 21.1. The van der Waals surface area contributed by atoms with Crippen molar-refractivity contribution in [3.8, 4) is 0 Å². The van der Waals surface area contributed by atoms with E-state index in [1.807, 2.05) is 34.6 Å². The summed E-state index contributed by atoms with van der Waals surface area (Å²) in [5.74, 6) is 1.01. The van der Waals surface area contributed by atoms with Crippen molar-refractivity contribution in [2.45, 2.75) is 83.7 Å². The molecule has 8 nitrogen and oxygen atoms in total. The van der Waals surface area contributed by atoms with Gasteiger partial charge in [-0.1, -0.05) is 13.8 Å². The molecule has 160 valence electrons. The monoisotopic (exact) mass is 397 g/mol. The first-order chi connectivity index (χ1) is 13.1. The van der Waals surface area contributed by atoms with Gasteiger partial charge in [0.1, 0.15) is 17.7 Å². The van der Waals surface area contributed by atoms with Crippen molar-refractivity contribution in [2.24, 2.45) is 15.9 Å². The van der Waals surface area contributed by atoms with Crippen LogP contribution >= 0.6 is 0 Å². The number of nitrogens with zero attached hydrogens (tertiary/aromatic N) is 3. The maximum Gasteiger partial charge on any atom is 0.410 e. The number of methoxy groups -OCH3 is 2. The molecule has 0 spiro atoms. The molecule has 2 heterocycles. The van der Waals surface area contributed by atoms with Crippen LogP contribution in [0.4, 0.5) is 4.79 Å². The van der Waals surface area contributed by atoms with Crippen molar-refractivity contribution in [1.82, 2.24) is 4.90 Å². The van der Waals surface area contributed by atoms with Gasteiger partial charge < -0.3 is 24.2 Å². The lowest BCUT2D eigenvalue weighted by molar-refractivity contribution is -0.0187. The Kier molecular flexibility index (Phi) is 7.31. The molecule has 1 fully saturated rings. The van der Waals surface area contributed by atoms with E-state index < -0.39 is 29.9 Å². The zero-order valence-electron chi connectivity index (χ0n) is 18.1. The number of aliphatic hydroxyl groups is 1. The van der Waals surface area contributed by atoms with Crippen LogP contribution in [0.15, 0.2) is 9.98 Å². The third-order valence-corrected chi connectivity index (χ3v) is 4.98. The molecule has 0 aliphatic carbocycles. The quantitative estimate of drug-likeness (QED) is 0.790. The Balaban J connectivity index is 2.27. The summed E-state index contributed by atoms with van der Waals surface area (Å²) >= 11 is 0. The minimum absolute atomic E-state index is 0.176. The normalized spacial score (nSPS) is 27.0. The van der Waals surface area contributed by atoms with Gasteiger partial charge in [-0.3, -0.25) is 0 Å². The summed E-state index contributed by atoms with van der Waals surface area (Å²) in [6.45, 7) is 10.1. The summed E-state index contributed by atoms with van der Waals surface area (Å²) in [5.41, 5.74) is -0.597. The van der Waals surface area contributed by atoms with Crippen molar-refractivity contribution >= 4 is 17.9 Å². The van der Waals surface area contributed by atoms with Gasteiger partial charge in [-0.2, -0.15) is 0 Å². The van der Waals surface area contributed by atoms with Crippen molar-refractivity contribution in [3.63, 3.8) is 0 Å². The Morgan fingerprint density at radius 1 is 1.11 bits per heavy atom. The van der Waals surface area contributed by atoms with Gasteiger partial charge in [0.05, 0.1) is 20.3 Å². The number of hydrogen-bond donors (Lipinski definition) is 1. The molecule has 1 saturated heterocycles. The molecule has 2 aliphatic heterocycles. The van der Waals surface area contributed by atoms with Crippen LogP contribution in [0.5, 0.6) is 0 Å². The topological polar surface area (TPSA) is 93.0 Å². The molecule has 4 atom stereocenters. The lowest BCUT2D eigenvalue weighted by Gasteiger charge is -2.41. The number of carbonyl (C=O) groups is 1. The highest BCUT2D eigenvalue weighted by Crippen LogP contribution is 2.27. The Morgan fingerprint density at radius 2 is 1.68 bits per heavy atom. The summed E-state index contributed by atoms with van der Waals surface area (Å²) in [5, 5.41) is 11.2. The first kappa shape index (κ1) is 22.5. The Morgan fingerprint density at radius 3 is 2.21 bits per heavy atom. The van der Waals surface area contributed by atoms with E-state index in [-0.39, 0.29) is 12.0 Å². The van der Waals surface area contributed by atoms with Gasteiger partial charge in [-0.15, -0.1) is 0 Å². The number of likely N-dealkylation sites (tertiary alicyclic amines) is 1. The van der Waals surface area contributed by atoms with Gasteiger partial charge in [0.25, 0.3) is 0 Å². The molecular weight excluding hydrogens is 362 g/mol. The van der Waals surface area contributed by atoms with E-state index in [9.17, 15) is 9.90 Å². The highest BCUT2D eigenvalue weighted by Gasteiger charge is 2.42. The summed E-state index contributed by atoms with van der Waals surface area (Å²) in [7, 11) is 3.08. The van der Waals surface area contributed by atoms with E-state index in [0.717, 1.165) is 12.8 Å². The van der Waals surface area contributed by atoms with Crippen molar-refractivity contribution in [2.75, 3.05) is 20.8 Å². The molecule has 1 N–H and O–H groups in total. The summed E-state index contributed by atoms with van der Waals surface area (Å²) in [6.07, 6.45) is 1.08. The van der Waals surface area contributed by atoms with E-state index in [4.69, 9.17) is 14.2 Å². The average Bonchev–Trinajstić information content (AvgIpc) is 2.64. The molecule has 28 heavy (non-hydrogen) atoms. The fraction of sp³-hybridized carbons (Fsp3) is 0.850. The van der Waals surface area contributed by atoms with Crippen molar-refractivity contribution in [1.29, 1.82) is 0 Å². The van der Waals surface area contributed by atoms with E-state index in [2.05, 4.69) is 9.98 Å². The SMILES string of the molecule is COC1=N[C@H](C(C)C)C(OC)=N[C@H]1[C@H](O)[C@@H]1CCCCN1C(=O)OC(C)(C)C. The Bertz CT molecular complexity index is 611. The standard InChI is InChI=1S/C20H35N3O5/c1-12(2)14-17(26-6)22-15(18(21-14)27-7)16(24)13-10-8-9-11-23(13)19(25)28-20(3,4)5/h12-16,24H,8-11H2,1-7H3/t13-,14+,15-,16+/m0/s1. The van der Waals surface area contributed by atoms with E-state index in [1.54, 1.807) is 12.0 Å². The van der Waals surface area contributed by atoms with Crippen molar-refractivity contribution < 1.29 is 24.1 Å². The van der Waals surface area contributed by atoms with Crippen LogP contribution in [0.2, 0.25) is 0 Å². The smallest absolute Gasteiger partial charge is 0.410 e. The lowest BCUT2D eigenvalue weighted by atomic mass is 9.92. The molecule has 0 radical (unpaired) electrons. The zero-order valence-corrected chi connectivity index (χ0v) is 18.1. The molecule has 2 rings (SSSR count). The molecular formula is C20H35N3O5. The van der Waals surface area contributed by atoms with Gasteiger partial charge >= 0.3 is 6.09 Å².